The summed E-state index contributed by atoms with van der Waals surface area (Å²) in [5.74, 6) is 2.66. The summed E-state index contributed by atoms with van der Waals surface area (Å²) >= 11 is 3.59. The standard InChI is InChI=1S/C14H22BrNO/c1-3-7-16-13(11-5-4-10(2)9-11)14-12(15)6-8-17-14/h6,8,10-11,13,16H,3-5,7,9H2,1-2H3. The van der Waals surface area contributed by atoms with Crippen LogP contribution in [0.3, 0.4) is 0 Å². The van der Waals surface area contributed by atoms with Crippen LogP contribution in [0.1, 0.15) is 51.3 Å². The first-order valence-electron chi connectivity index (χ1n) is 6.68. The van der Waals surface area contributed by atoms with Gasteiger partial charge in [-0.05, 0) is 59.6 Å². The van der Waals surface area contributed by atoms with Crippen molar-refractivity contribution >= 4 is 15.9 Å². The number of hydrogen-bond donors (Lipinski definition) is 1. The van der Waals surface area contributed by atoms with Crippen molar-refractivity contribution in [3.05, 3.63) is 22.6 Å². The topological polar surface area (TPSA) is 25.2 Å². The van der Waals surface area contributed by atoms with Gasteiger partial charge in [-0.2, -0.15) is 0 Å². The minimum absolute atomic E-state index is 0.379. The van der Waals surface area contributed by atoms with E-state index in [1.807, 2.05) is 6.07 Å². The molecule has 17 heavy (non-hydrogen) atoms. The second kappa shape index (κ2) is 6.05. The lowest BCUT2D eigenvalue weighted by Gasteiger charge is -2.23. The molecular formula is C14H22BrNO. The van der Waals surface area contributed by atoms with Crippen molar-refractivity contribution in [2.75, 3.05) is 6.54 Å². The molecule has 3 unspecified atom stereocenters. The molecule has 2 rings (SSSR count). The van der Waals surface area contributed by atoms with Gasteiger partial charge in [0.05, 0.1) is 16.8 Å². The highest BCUT2D eigenvalue weighted by Crippen LogP contribution is 2.41. The molecule has 0 aromatic carbocycles. The van der Waals surface area contributed by atoms with Gasteiger partial charge in [0.2, 0.25) is 0 Å². The molecule has 1 aliphatic rings. The van der Waals surface area contributed by atoms with Gasteiger partial charge in [0.1, 0.15) is 5.76 Å². The van der Waals surface area contributed by atoms with Gasteiger partial charge in [-0.1, -0.05) is 20.3 Å². The third kappa shape index (κ3) is 3.14. The highest BCUT2D eigenvalue weighted by molar-refractivity contribution is 9.10. The van der Waals surface area contributed by atoms with Gasteiger partial charge in [0, 0.05) is 0 Å². The number of rotatable bonds is 5. The van der Waals surface area contributed by atoms with E-state index in [9.17, 15) is 0 Å². The van der Waals surface area contributed by atoms with Crippen LogP contribution in [0.15, 0.2) is 21.2 Å². The molecule has 1 N–H and O–H groups in total. The van der Waals surface area contributed by atoms with Gasteiger partial charge >= 0.3 is 0 Å². The van der Waals surface area contributed by atoms with Crippen molar-refractivity contribution in [2.45, 2.75) is 45.6 Å². The Labute approximate surface area is 112 Å². The van der Waals surface area contributed by atoms with Crippen LogP contribution >= 0.6 is 15.9 Å². The summed E-state index contributed by atoms with van der Waals surface area (Å²) in [7, 11) is 0. The van der Waals surface area contributed by atoms with Crippen LogP contribution in [0.4, 0.5) is 0 Å². The highest BCUT2D eigenvalue weighted by atomic mass is 79.9. The Kier molecular flexibility index (Phi) is 4.69. The summed E-state index contributed by atoms with van der Waals surface area (Å²) in [5.41, 5.74) is 0. The zero-order chi connectivity index (χ0) is 12.3. The van der Waals surface area contributed by atoms with E-state index in [-0.39, 0.29) is 0 Å². The Bertz CT molecular complexity index is 350. The monoisotopic (exact) mass is 299 g/mol. The lowest BCUT2D eigenvalue weighted by atomic mass is 9.95. The first-order valence-corrected chi connectivity index (χ1v) is 7.48. The summed E-state index contributed by atoms with van der Waals surface area (Å²) in [6.45, 7) is 5.62. The van der Waals surface area contributed by atoms with E-state index in [1.54, 1.807) is 6.26 Å². The molecule has 1 aromatic heterocycles. The third-order valence-electron chi connectivity index (χ3n) is 3.75. The second-order valence-electron chi connectivity index (χ2n) is 5.24. The summed E-state index contributed by atoms with van der Waals surface area (Å²) in [4.78, 5) is 0. The van der Waals surface area contributed by atoms with E-state index < -0.39 is 0 Å². The van der Waals surface area contributed by atoms with Gasteiger partial charge in [0.25, 0.3) is 0 Å². The fraction of sp³-hybridized carbons (Fsp3) is 0.714. The fourth-order valence-corrected chi connectivity index (χ4v) is 3.30. The van der Waals surface area contributed by atoms with E-state index in [4.69, 9.17) is 4.42 Å². The number of hydrogen-bond acceptors (Lipinski definition) is 2. The van der Waals surface area contributed by atoms with Crippen molar-refractivity contribution in [3.8, 4) is 0 Å². The molecule has 96 valence electrons. The van der Waals surface area contributed by atoms with Crippen LogP contribution in [-0.4, -0.2) is 6.54 Å². The third-order valence-corrected chi connectivity index (χ3v) is 4.40. The number of halogens is 1. The van der Waals surface area contributed by atoms with Gasteiger partial charge < -0.3 is 9.73 Å². The molecule has 2 nitrogen and oxygen atoms in total. The lowest BCUT2D eigenvalue weighted by Crippen LogP contribution is -2.28. The SMILES string of the molecule is CCCNC(c1occc1Br)C1CCC(C)C1. The van der Waals surface area contributed by atoms with Crippen LogP contribution in [0.25, 0.3) is 0 Å². The molecule has 1 aliphatic carbocycles. The van der Waals surface area contributed by atoms with E-state index in [1.165, 1.54) is 19.3 Å². The summed E-state index contributed by atoms with van der Waals surface area (Å²) in [5, 5.41) is 3.65. The molecule has 1 aromatic rings. The molecule has 3 atom stereocenters. The zero-order valence-corrected chi connectivity index (χ0v) is 12.3. The van der Waals surface area contributed by atoms with Crippen molar-refractivity contribution < 1.29 is 4.42 Å². The minimum atomic E-state index is 0.379. The molecular weight excluding hydrogens is 278 g/mol. The van der Waals surface area contributed by atoms with Crippen molar-refractivity contribution in [2.24, 2.45) is 11.8 Å². The maximum Gasteiger partial charge on any atom is 0.135 e. The smallest absolute Gasteiger partial charge is 0.135 e. The fourth-order valence-electron chi connectivity index (χ4n) is 2.85. The van der Waals surface area contributed by atoms with E-state index in [2.05, 4.69) is 35.1 Å². The van der Waals surface area contributed by atoms with Crippen molar-refractivity contribution in [1.82, 2.24) is 5.32 Å². The Hall–Kier alpha value is -0.280. The van der Waals surface area contributed by atoms with Crippen LogP contribution in [-0.2, 0) is 0 Å². The summed E-state index contributed by atoms with van der Waals surface area (Å²) < 4.78 is 6.76. The molecule has 0 bridgehead atoms. The van der Waals surface area contributed by atoms with Crippen molar-refractivity contribution in [1.29, 1.82) is 0 Å². The van der Waals surface area contributed by atoms with Crippen LogP contribution < -0.4 is 5.32 Å². The largest absolute Gasteiger partial charge is 0.466 e. The molecule has 0 radical (unpaired) electrons. The predicted octanol–water partition coefficient (Wildman–Crippen LogP) is 4.52. The Morgan fingerprint density at radius 3 is 2.88 bits per heavy atom. The van der Waals surface area contributed by atoms with Crippen LogP contribution in [0, 0.1) is 11.8 Å². The summed E-state index contributed by atoms with van der Waals surface area (Å²) in [6.07, 6.45) is 6.92. The predicted molar refractivity (Wildman–Crippen MR) is 73.9 cm³/mol. The maximum atomic E-state index is 5.66. The number of nitrogens with one attached hydrogen (secondary N) is 1. The molecule has 1 heterocycles. The van der Waals surface area contributed by atoms with E-state index >= 15 is 0 Å². The van der Waals surface area contributed by atoms with E-state index in [0.717, 1.165) is 35.0 Å². The molecule has 1 fully saturated rings. The number of furan rings is 1. The zero-order valence-electron chi connectivity index (χ0n) is 10.7. The normalized spacial score (nSPS) is 26.3. The van der Waals surface area contributed by atoms with Gasteiger partial charge in [-0.15, -0.1) is 0 Å². The molecule has 0 spiro atoms. The summed E-state index contributed by atoms with van der Waals surface area (Å²) in [6, 6.07) is 2.37. The molecule has 0 aliphatic heterocycles. The Morgan fingerprint density at radius 1 is 1.53 bits per heavy atom. The molecule has 0 amide bonds. The Morgan fingerprint density at radius 2 is 2.35 bits per heavy atom. The second-order valence-corrected chi connectivity index (χ2v) is 6.10. The first kappa shape index (κ1) is 13.2. The van der Waals surface area contributed by atoms with Crippen molar-refractivity contribution in [3.63, 3.8) is 0 Å². The Balaban J connectivity index is 2.10. The lowest BCUT2D eigenvalue weighted by molar-refractivity contribution is 0.306. The average Bonchev–Trinajstić information content (AvgIpc) is 2.90. The minimum Gasteiger partial charge on any atom is -0.466 e. The molecule has 1 saturated carbocycles. The molecule has 0 saturated heterocycles. The molecule has 3 heteroatoms. The van der Waals surface area contributed by atoms with Gasteiger partial charge in [-0.3, -0.25) is 0 Å². The quantitative estimate of drug-likeness (QED) is 0.865. The average molecular weight is 300 g/mol. The van der Waals surface area contributed by atoms with Gasteiger partial charge in [0.15, 0.2) is 0 Å². The van der Waals surface area contributed by atoms with Crippen LogP contribution in [0.5, 0.6) is 0 Å². The maximum absolute atomic E-state index is 5.66. The van der Waals surface area contributed by atoms with Gasteiger partial charge in [-0.25, -0.2) is 0 Å². The highest BCUT2D eigenvalue weighted by Gasteiger charge is 2.32. The first-order chi connectivity index (χ1) is 8.22. The van der Waals surface area contributed by atoms with E-state index in [0.29, 0.717) is 6.04 Å². The van der Waals surface area contributed by atoms with Crippen LogP contribution in [0.2, 0.25) is 0 Å².